The Hall–Kier alpha value is -0.0900. The molecular formula is C12H25NO2S. The lowest BCUT2D eigenvalue weighted by atomic mass is 9.98. The van der Waals surface area contributed by atoms with E-state index in [4.69, 9.17) is 0 Å². The molecule has 0 bridgehead atoms. The van der Waals surface area contributed by atoms with Crippen LogP contribution < -0.4 is 5.32 Å². The van der Waals surface area contributed by atoms with Gasteiger partial charge in [0.25, 0.3) is 0 Å². The Bertz CT molecular complexity index is 283. The van der Waals surface area contributed by atoms with Crippen LogP contribution in [0, 0.1) is 5.92 Å². The molecule has 1 unspecified atom stereocenters. The summed E-state index contributed by atoms with van der Waals surface area (Å²) in [6.45, 7) is 3.27. The largest absolute Gasteiger partial charge is 0.314 e. The molecule has 0 heterocycles. The summed E-state index contributed by atoms with van der Waals surface area (Å²) in [5.74, 6) is 1.00. The summed E-state index contributed by atoms with van der Waals surface area (Å²) in [6.07, 6.45) is 8.23. The highest BCUT2D eigenvalue weighted by Crippen LogP contribution is 2.20. The van der Waals surface area contributed by atoms with Gasteiger partial charge >= 0.3 is 0 Å². The van der Waals surface area contributed by atoms with Crippen molar-refractivity contribution in [3.63, 3.8) is 0 Å². The van der Waals surface area contributed by atoms with Crippen LogP contribution in [0.25, 0.3) is 0 Å². The van der Waals surface area contributed by atoms with E-state index in [0.717, 1.165) is 25.4 Å². The third kappa shape index (κ3) is 7.23. The summed E-state index contributed by atoms with van der Waals surface area (Å²) in [5.41, 5.74) is 0. The van der Waals surface area contributed by atoms with Crippen LogP contribution in [0.15, 0.2) is 0 Å². The van der Waals surface area contributed by atoms with Crippen molar-refractivity contribution in [1.29, 1.82) is 0 Å². The summed E-state index contributed by atoms with van der Waals surface area (Å²) in [6, 6.07) is 0.759. The van der Waals surface area contributed by atoms with Crippen LogP contribution in [0.4, 0.5) is 0 Å². The van der Waals surface area contributed by atoms with E-state index in [1.165, 1.54) is 31.9 Å². The maximum atomic E-state index is 11.0. The Morgan fingerprint density at radius 3 is 2.50 bits per heavy atom. The molecule has 0 aromatic rings. The van der Waals surface area contributed by atoms with Gasteiger partial charge in [-0.15, -0.1) is 0 Å². The number of nitrogens with one attached hydrogen (secondary N) is 1. The summed E-state index contributed by atoms with van der Waals surface area (Å²) < 4.78 is 22.1. The van der Waals surface area contributed by atoms with E-state index in [9.17, 15) is 8.42 Å². The van der Waals surface area contributed by atoms with Gasteiger partial charge in [-0.1, -0.05) is 13.3 Å². The SMILES string of the molecule is CCCC(CCCS(C)(=O)=O)CNC1CC1. The summed E-state index contributed by atoms with van der Waals surface area (Å²) >= 11 is 0. The lowest BCUT2D eigenvalue weighted by Gasteiger charge is -2.16. The van der Waals surface area contributed by atoms with Crippen LogP contribution in [-0.4, -0.2) is 33.0 Å². The lowest BCUT2D eigenvalue weighted by Crippen LogP contribution is -2.25. The molecule has 0 aromatic carbocycles. The van der Waals surface area contributed by atoms with E-state index in [1.807, 2.05) is 0 Å². The first kappa shape index (κ1) is 14.0. The second-order valence-electron chi connectivity index (χ2n) is 5.11. The standard InChI is InChI=1S/C12H25NO2S/c1-3-5-11(10-13-12-7-8-12)6-4-9-16(2,14)15/h11-13H,3-10H2,1-2H3. The quantitative estimate of drug-likeness (QED) is 0.677. The van der Waals surface area contributed by atoms with E-state index >= 15 is 0 Å². The number of hydrogen-bond acceptors (Lipinski definition) is 3. The van der Waals surface area contributed by atoms with Crippen LogP contribution in [0.2, 0.25) is 0 Å². The molecule has 96 valence electrons. The van der Waals surface area contributed by atoms with Crippen molar-refractivity contribution in [2.24, 2.45) is 5.92 Å². The molecule has 1 atom stereocenters. The van der Waals surface area contributed by atoms with Gasteiger partial charge in [0.05, 0.1) is 0 Å². The van der Waals surface area contributed by atoms with E-state index in [-0.39, 0.29) is 0 Å². The fourth-order valence-corrected chi connectivity index (χ4v) is 2.70. The van der Waals surface area contributed by atoms with Gasteiger partial charge in [0, 0.05) is 18.1 Å². The van der Waals surface area contributed by atoms with Crippen LogP contribution in [-0.2, 0) is 9.84 Å². The third-order valence-corrected chi connectivity index (χ3v) is 4.13. The van der Waals surface area contributed by atoms with Crippen LogP contribution in [0.5, 0.6) is 0 Å². The lowest BCUT2D eigenvalue weighted by molar-refractivity contribution is 0.409. The molecule has 1 aliphatic carbocycles. The normalized spacial score (nSPS) is 18.6. The van der Waals surface area contributed by atoms with Crippen LogP contribution >= 0.6 is 0 Å². The molecule has 3 nitrogen and oxygen atoms in total. The van der Waals surface area contributed by atoms with Gasteiger partial charge in [0.1, 0.15) is 9.84 Å². The Labute approximate surface area is 99.9 Å². The molecule has 16 heavy (non-hydrogen) atoms. The summed E-state index contributed by atoms with van der Waals surface area (Å²) in [5, 5.41) is 3.54. The molecular weight excluding hydrogens is 222 g/mol. The molecule has 1 aliphatic rings. The molecule has 1 N–H and O–H groups in total. The minimum absolute atomic E-state index is 0.344. The molecule has 1 rings (SSSR count). The molecule has 0 amide bonds. The second kappa shape index (κ2) is 6.60. The third-order valence-electron chi connectivity index (χ3n) is 3.10. The van der Waals surface area contributed by atoms with Crippen LogP contribution in [0.3, 0.4) is 0 Å². The Kier molecular flexibility index (Phi) is 5.76. The van der Waals surface area contributed by atoms with Crippen molar-refractivity contribution in [3.8, 4) is 0 Å². The maximum absolute atomic E-state index is 11.0. The van der Waals surface area contributed by atoms with Gasteiger partial charge in [-0.2, -0.15) is 0 Å². The smallest absolute Gasteiger partial charge is 0.147 e. The first-order valence-corrected chi connectivity index (χ1v) is 8.48. The minimum Gasteiger partial charge on any atom is -0.314 e. The van der Waals surface area contributed by atoms with E-state index in [1.54, 1.807) is 0 Å². The highest BCUT2D eigenvalue weighted by molar-refractivity contribution is 7.90. The summed E-state index contributed by atoms with van der Waals surface area (Å²) in [4.78, 5) is 0. The Balaban J connectivity index is 2.15. The van der Waals surface area contributed by atoms with Crippen molar-refractivity contribution in [2.45, 2.75) is 51.5 Å². The average molecular weight is 247 g/mol. The van der Waals surface area contributed by atoms with Crippen LogP contribution in [0.1, 0.15) is 45.4 Å². The van der Waals surface area contributed by atoms with Gasteiger partial charge in [0.15, 0.2) is 0 Å². The van der Waals surface area contributed by atoms with Crippen molar-refractivity contribution in [3.05, 3.63) is 0 Å². The molecule has 0 aliphatic heterocycles. The molecule has 0 spiro atoms. The second-order valence-corrected chi connectivity index (χ2v) is 7.37. The highest BCUT2D eigenvalue weighted by atomic mass is 32.2. The van der Waals surface area contributed by atoms with Crippen molar-refractivity contribution in [2.75, 3.05) is 18.6 Å². The van der Waals surface area contributed by atoms with Crippen molar-refractivity contribution < 1.29 is 8.42 Å². The van der Waals surface area contributed by atoms with E-state index < -0.39 is 9.84 Å². The van der Waals surface area contributed by atoms with Gasteiger partial charge in [-0.05, 0) is 44.6 Å². The Morgan fingerprint density at radius 2 is 2.00 bits per heavy atom. The number of sulfone groups is 1. The zero-order chi connectivity index (χ0) is 12.0. The molecule has 0 radical (unpaired) electrons. The van der Waals surface area contributed by atoms with Gasteiger partial charge in [-0.25, -0.2) is 8.42 Å². The predicted octanol–water partition coefficient (Wildman–Crippen LogP) is 1.98. The molecule has 1 fully saturated rings. The predicted molar refractivity (Wildman–Crippen MR) is 68.4 cm³/mol. The van der Waals surface area contributed by atoms with Gasteiger partial charge in [-0.3, -0.25) is 0 Å². The first-order chi connectivity index (χ1) is 7.51. The minimum atomic E-state index is -2.77. The van der Waals surface area contributed by atoms with Gasteiger partial charge in [0.2, 0.25) is 0 Å². The van der Waals surface area contributed by atoms with Crippen molar-refractivity contribution in [1.82, 2.24) is 5.32 Å². The fraction of sp³-hybridized carbons (Fsp3) is 1.00. The topological polar surface area (TPSA) is 46.2 Å². The van der Waals surface area contributed by atoms with Gasteiger partial charge < -0.3 is 5.32 Å². The number of hydrogen-bond donors (Lipinski definition) is 1. The molecule has 4 heteroatoms. The van der Waals surface area contributed by atoms with E-state index in [2.05, 4.69) is 12.2 Å². The molecule has 0 aromatic heterocycles. The molecule has 0 saturated heterocycles. The van der Waals surface area contributed by atoms with Crippen molar-refractivity contribution >= 4 is 9.84 Å². The maximum Gasteiger partial charge on any atom is 0.147 e. The highest BCUT2D eigenvalue weighted by Gasteiger charge is 2.21. The fourth-order valence-electron chi connectivity index (χ4n) is 2.01. The number of rotatable bonds is 9. The van der Waals surface area contributed by atoms with E-state index in [0.29, 0.717) is 11.7 Å². The average Bonchev–Trinajstić information content (AvgIpc) is 2.95. The summed E-state index contributed by atoms with van der Waals surface area (Å²) in [7, 11) is -2.77. The molecule has 1 saturated carbocycles. The Morgan fingerprint density at radius 1 is 1.31 bits per heavy atom. The zero-order valence-corrected chi connectivity index (χ0v) is 11.4. The monoisotopic (exact) mass is 247 g/mol. The first-order valence-electron chi connectivity index (χ1n) is 6.42. The zero-order valence-electron chi connectivity index (χ0n) is 10.5.